The van der Waals surface area contributed by atoms with E-state index >= 15 is 0 Å². The van der Waals surface area contributed by atoms with Crippen molar-refractivity contribution in [2.24, 2.45) is 0 Å². The number of hydrogen-bond donors (Lipinski definition) is 1. The van der Waals surface area contributed by atoms with Crippen LogP contribution in [-0.2, 0) is 19.1 Å². The summed E-state index contributed by atoms with van der Waals surface area (Å²) in [6, 6.07) is 4.79. The van der Waals surface area contributed by atoms with Gasteiger partial charge in [0.05, 0.1) is 22.6 Å². The van der Waals surface area contributed by atoms with Crippen LogP contribution in [0.3, 0.4) is 0 Å². The number of anilines is 1. The number of benzene rings is 1. The first-order valence-corrected chi connectivity index (χ1v) is 7.82. The van der Waals surface area contributed by atoms with E-state index in [0.29, 0.717) is 22.3 Å². The quantitative estimate of drug-likeness (QED) is 0.802. The first-order chi connectivity index (χ1) is 10.5. The Morgan fingerprint density at radius 2 is 2.09 bits per heavy atom. The number of hydrogen-bond acceptors (Lipinski definition) is 4. The molecule has 22 heavy (non-hydrogen) atoms. The van der Waals surface area contributed by atoms with E-state index in [1.807, 2.05) is 0 Å². The molecule has 0 saturated carbocycles. The van der Waals surface area contributed by atoms with Crippen LogP contribution in [0.2, 0.25) is 10.0 Å². The molecule has 1 saturated heterocycles. The molecule has 1 aromatic carbocycles. The van der Waals surface area contributed by atoms with Crippen molar-refractivity contribution in [1.29, 1.82) is 0 Å². The number of amides is 1. The Balaban J connectivity index is 1.68. The van der Waals surface area contributed by atoms with Crippen LogP contribution in [0.4, 0.5) is 5.69 Å². The van der Waals surface area contributed by atoms with Crippen LogP contribution in [0.5, 0.6) is 0 Å². The number of rotatable bonds is 6. The number of ether oxygens (including phenoxy) is 2. The number of halogens is 2. The second kappa shape index (κ2) is 8.36. The molecule has 2 rings (SSSR count). The minimum absolute atomic E-state index is 0.00557. The molecule has 0 aliphatic carbocycles. The highest BCUT2D eigenvalue weighted by atomic mass is 35.5. The third kappa shape index (κ3) is 5.48. The normalized spacial score (nSPS) is 17.3. The maximum Gasteiger partial charge on any atom is 0.306 e. The average Bonchev–Trinajstić information content (AvgIpc) is 3.00. The second-order valence-electron chi connectivity index (χ2n) is 5.00. The molecule has 1 aliphatic rings. The van der Waals surface area contributed by atoms with Crippen molar-refractivity contribution in [3.63, 3.8) is 0 Å². The summed E-state index contributed by atoms with van der Waals surface area (Å²) in [5, 5.41) is 3.42. The fraction of sp³-hybridized carbons (Fsp3) is 0.467. The first kappa shape index (κ1) is 17.1. The predicted molar refractivity (Wildman–Crippen MR) is 84.3 cm³/mol. The van der Waals surface area contributed by atoms with Crippen LogP contribution in [0, 0.1) is 0 Å². The minimum Gasteiger partial charge on any atom is -0.463 e. The average molecular weight is 346 g/mol. The third-order valence-electron chi connectivity index (χ3n) is 3.21. The molecular weight excluding hydrogens is 329 g/mol. The van der Waals surface area contributed by atoms with Crippen molar-refractivity contribution >= 4 is 40.8 Å². The Bertz CT molecular complexity index is 544. The topological polar surface area (TPSA) is 64.6 Å². The molecule has 5 nitrogen and oxygen atoms in total. The Labute approximate surface area is 138 Å². The van der Waals surface area contributed by atoms with Crippen molar-refractivity contribution in [2.45, 2.75) is 31.8 Å². The van der Waals surface area contributed by atoms with Crippen LogP contribution >= 0.6 is 23.2 Å². The molecule has 0 bridgehead atoms. The lowest BCUT2D eigenvalue weighted by molar-refractivity contribution is -0.147. The molecule has 1 heterocycles. The standard InChI is InChI=1S/C15H17Cl2NO4/c16-12-4-3-10(8-13(12)17)18-14(19)5-6-15(20)22-9-11-2-1-7-21-11/h3-4,8,11H,1-2,5-7,9H2,(H,18,19)/t11-/m1/s1. The summed E-state index contributed by atoms with van der Waals surface area (Å²) in [7, 11) is 0. The summed E-state index contributed by atoms with van der Waals surface area (Å²) in [6.45, 7) is 0.974. The van der Waals surface area contributed by atoms with Crippen molar-refractivity contribution < 1.29 is 19.1 Å². The molecule has 0 spiro atoms. The molecule has 0 unspecified atom stereocenters. The van der Waals surface area contributed by atoms with Gasteiger partial charge >= 0.3 is 5.97 Å². The highest BCUT2D eigenvalue weighted by molar-refractivity contribution is 6.42. The summed E-state index contributed by atoms with van der Waals surface area (Å²) >= 11 is 11.7. The van der Waals surface area contributed by atoms with Crippen LogP contribution in [-0.4, -0.2) is 31.2 Å². The van der Waals surface area contributed by atoms with E-state index in [4.69, 9.17) is 32.7 Å². The smallest absolute Gasteiger partial charge is 0.306 e. The van der Waals surface area contributed by atoms with Gasteiger partial charge in [-0.15, -0.1) is 0 Å². The van der Waals surface area contributed by atoms with Gasteiger partial charge in [-0.25, -0.2) is 0 Å². The van der Waals surface area contributed by atoms with Crippen LogP contribution in [0.1, 0.15) is 25.7 Å². The van der Waals surface area contributed by atoms with Gasteiger partial charge in [-0.2, -0.15) is 0 Å². The summed E-state index contributed by atoms with van der Waals surface area (Å²) in [4.78, 5) is 23.3. The van der Waals surface area contributed by atoms with E-state index < -0.39 is 5.97 Å². The van der Waals surface area contributed by atoms with Gasteiger partial charge in [0.15, 0.2) is 0 Å². The second-order valence-corrected chi connectivity index (χ2v) is 5.81. The fourth-order valence-corrected chi connectivity index (χ4v) is 2.34. The third-order valence-corrected chi connectivity index (χ3v) is 3.95. The van der Waals surface area contributed by atoms with Gasteiger partial charge in [0.1, 0.15) is 6.61 Å². The summed E-state index contributed by atoms with van der Waals surface area (Å²) in [5.41, 5.74) is 0.534. The van der Waals surface area contributed by atoms with E-state index in [-0.39, 0.29) is 31.5 Å². The van der Waals surface area contributed by atoms with Gasteiger partial charge in [-0.3, -0.25) is 9.59 Å². The van der Waals surface area contributed by atoms with Crippen molar-refractivity contribution in [3.05, 3.63) is 28.2 Å². The minimum atomic E-state index is -0.403. The maximum absolute atomic E-state index is 11.8. The molecule has 1 N–H and O–H groups in total. The van der Waals surface area contributed by atoms with Gasteiger partial charge in [0, 0.05) is 18.7 Å². The fourth-order valence-electron chi connectivity index (χ4n) is 2.05. The van der Waals surface area contributed by atoms with Crippen LogP contribution in [0.25, 0.3) is 0 Å². The molecule has 1 amide bonds. The van der Waals surface area contributed by atoms with Crippen LogP contribution < -0.4 is 5.32 Å². The monoisotopic (exact) mass is 345 g/mol. The van der Waals surface area contributed by atoms with Gasteiger partial charge in [-0.1, -0.05) is 23.2 Å². The lowest BCUT2D eigenvalue weighted by Gasteiger charge is -2.10. The van der Waals surface area contributed by atoms with Gasteiger partial charge in [0.25, 0.3) is 0 Å². The number of nitrogens with one attached hydrogen (secondary N) is 1. The summed E-state index contributed by atoms with van der Waals surface area (Å²) < 4.78 is 10.4. The van der Waals surface area contributed by atoms with Crippen molar-refractivity contribution in [2.75, 3.05) is 18.5 Å². The Morgan fingerprint density at radius 3 is 2.77 bits per heavy atom. The van der Waals surface area contributed by atoms with Crippen molar-refractivity contribution in [1.82, 2.24) is 0 Å². The van der Waals surface area contributed by atoms with E-state index in [2.05, 4.69) is 5.32 Å². The SMILES string of the molecule is O=C(CCC(=O)OC[C@H]1CCCO1)Nc1ccc(Cl)c(Cl)c1. The largest absolute Gasteiger partial charge is 0.463 e. The zero-order valence-electron chi connectivity index (χ0n) is 11.9. The highest BCUT2D eigenvalue weighted by Gasteiger charge is 2.17. The number of carbonyl (C=O) groups is 2. The molecule has 1 atom stereocenters. The maximum atomic E-state index is 11.8. The molecule has 0 radical (unpaired) electrons. The lowest BCUT2D eigenvalue weighted by Crippen LogP contribution is -2.19. The number of esters is 1. The van der Waals surface area contributed by atoms with E-state index in [1.165, 1.54) is 0 Å². The summed E-state index contributed by atoms with van der Waals surface area (Å²) in [5.74, 6) is -0.688. The Morgan fingerprint density at radius 1 is 1.27 bits per heavy atom. The first-order valence-electron chi connectivity index (χ1n) is 7.07. The zero-order valence-corrected chi connectivity index (χ0v) is 13.5. The zero-order chi connectivity index (χ0) is 15.9. The number of carbonyl (C=O) groups excluding carboxylic acids is 2. The summed E-state index contributed by atoms with van der Waals surface area (Å²) in [6.07, 6.45) is 1.97. The predicted octanol–water partition coefficient (Wildman–Crippen LogP) is 3.43. The lowest BCUT2D eigenvalue weighted by atomic mass is 10.2. The van der Waals surface area contributed by atoms with Crippen LogP contribution in [0.15, 0.2) is 18.2 Å². The Kier molecular flexibility index (Phi) is 6.49. The van der Waals surface area contributed by atoms with E-state index in [9.17, 15) is 9.59 Å². The highest BCUT2D eigenvalue weighted by Crippen LogP contribution is 2.25. The van der Waals surface area contributed by atoms with E-state index in [0.717, 1.165) is 12.8 Å². The molecule has 120 valence electrons. The van der Waals surface area contributed by atoms with Gasteiger partial charge in [0.2, 0.25) is 5.91 Å². The van der Waals surface area contributed by atoms with Gasteiger partial charge in [-0.05, 0) is 31.0 Å². The van der Waals surface area contributed by atoms with Gasteiger partial charge < -0.3 is 14.8 Å². The van der Waals surface area contributed by atoms with Crippen molar-refractivity contribution in [3.8, 4) is 0 Å². The molecule has 1 aromatic rings. The molecule has 1 fully saturated rings. The molecule has 1 aliphatic heterocycles. The molecule has 0 aromatic heterocycles. The van der Waals surface area contributed by atoms with E-state index in [1.54, 1.807) is 18.2 Å². The molecule has 7 heteroatoms. The molecular formula is C15H17Cl2NO4. The Hall–Kier alpha value is -1.30.